The molecule has 0 aromatic carbocycles. The molecule has 1 fully saturated rings. The van der Waals surface area contributed by atoms with Crippen LogP contribution in [0.3, 0.4) is 0 Å². The first-order valence-electron chi connectivity index (χ1n) is 6.61. The maximum Gasteiger partial charge on any atom is 0.290 e. The van der Waals surface area contributed by atoms with Gasteiger partial charge in [-0.1, -0.05) is 0 Å². The van der Waals surface area contributed by atoms with E-state index in [2.05, 4.69) is 16.8 Å². The second kappa shape index (κ2) is 5.52. The first-order valence-corrected chi connectivity index (χ1v) is 6.61. The van der Waals surface area contributed by atoms with E-state index in [-0.39, 0.29) is 11.7 Å². The molecule has 19 heavy (non-hydrogen) atoms. The Morgan fingerprint density at radius 3 is 2.58 bits per heavy atom. The maximum atomic E-state index is 10.8. The third-order valence-corrected chi connectivity index (χ3v) is 3.85. The van der Waals surface area contributed by atoms with Crippen molar-refractivity contribution in [1.82, 2.24) is 4.98 Å². The van der Waals surface area contributed by atoms with Gasteiger partial charge in [0.1, 0.15) is 11.5 Å². The lowest BCUT2D eigenvalue weighted by molar-refractivity contribution is -0.385. The highest BCUT2D eigenvalue weighted by Gasteiger charge is 2.23. The molecule has 2 rings (SSSR count). The summed E-state index contributed by atoms with van der Waals surface area (Å²) in [5.74, 6) is 1.39. The van der Waals surface area contributed by atoms with Gasteiger partial charge in [0.25, 0.3) is 5.69 Å². The van der Waals surface area contributed by atoms with Crippen LogP contribution >= 0.6 is 0 Å². The number of rotatable bonds is 3. The zero-order valence-corrected chi connectivity index (χ0v) is 11.4. The van der Waals surface area contributed by atoms with Crippen LogP contribution in [-0.2, 0) is 0 Å². The van der Waals surface area contributed by atoms with Crippen molar-refractivity contribution in [2.75, 3.05) is 18.0 Å². The Labute approximate surface area is 112 Å². The highest BCUT2D eigenvalue weighted by atomic mass is 16.6. The second-order valence-corrected chi connectivity index (χ2v) is 5.21. The van der Waals surface area contributed by atoms with E-state index in [1.165, 1.54) is 6.07 Å². The molecule has 1 aromatic rings. The van der Waals surface area contributed by atoms with E-state index >= 15 is 0 Å². The number of piperidine rings is 1. The molecule has 2 heterocycles. The van der Waals surface area contributed by atoms with E-state index in [0.29, 0.717) is 11.6 Å². The summed E-state index contributed by atoms with van der Waals surface area (Å²) < 4.78 is 0. The van der Waals surface area contributed by atoms with Crippen LogP contribution in [0.2, 0.25) is 0 Å². The summed E-state index contributed by atoms with van der Waals surface area (Å²) >= 11 is 0. The molecular formula is C13H20N4O2. The summed E-state index contributed by atoms with van der Waals surface area (Å²) in [6, 6.07) is 3.50. The summed E-state index contributed by atoms with van der Waals surface area (Å²) in [5.41, 5.74) is 6.47. The summed E-state index contributed by atoms with van der Waals surface area (Å²) in [6.45, 7) is 5.55. The molecule has 1 aliphatic rings. The minimum Gasteiger partial charge on any atom is -0.357 e. The van der Waals surface area contributed by atoms with Crippen LogP contribution in [-0.4, -0.2) is 29.0 Å². The number of anilines is 1. The van der Waals surface area contributed by atoms with Crippen molar-refractivity contribution in [2.24, 2.45) is 11.7 Å². The van der Waals surface area contributed by atoms with Gasteiger partial charge < -0.3 is 10.6 Å². The van der Waals surface area contributed by atoms with Crippen molar-refractivity contribution in [2.45, 2.75) is 32.7 Å². The summed E-state index contributed by atoms with van der Waals surface area (Å²) in [7, 11) is 0. The van der Waals surface area contributed by atoms with E-state index < -0.39 is 4.92 Å². The highest BCUT2D eigenvalue weighted by molar-refractivity contribution is 5.47. The minimum atomic E-state index is -0.394. The van der Waals surface area contributed by atoms with E-state index in [1.54, 1.807) is 13.0 Å². The number of nitrogens with two attached hydrogens (primary N) is 1. The summed E-state index contributed by atoms with van der Waals surface area (Å²) in [4.78, 5) is 16.9. The lowest BCUT2D eigenvalue weighted by Gasteiger charge is -2.34. The number of hydrogen-bond acceptors (Lipinski definition) is 5. The predicted molar refractivity (Wildman–Crippen MR) is 74.2 cm³/mol. The Hall–Kier alpha value is -1.69. The number of hydrogen-bond donors (Lipinski definition) is 1. The average Bonchev–Trinajstić information content (AvgIpc) is 2.38. The van der Waals surface area contributed by atoms with Gasteiger partial charge in [-0.3, -0.25) is 10.1 Å². The predicted octanol–water partition coefficient (Wildman–Crippen LogP) is 1.86. The smallest absolute Gasteiger partial charge is 0.290 e. The van der Waals surface area contributed by atoms with Crippen molar-refractivity contribution < 1.29 is 4.92 Å². The lowest BCUT2D eigenvalue weighted by atomic mass is 9.91. The van der Waals surface area contributed by atoms with Gasteiger partial charge in [-0.05, 0) is 38.7 Å². The fraction of sp³-hybridized carbons (Fsp3) is 0.615. The van der Waals surface area contributed by atoms with Crippen LogP contribution in [0, 0.1) is 23.0 Å². The SMILES string of the molecule is Cc1nc(N2CCC(C(C)N)CC2)ccc1[N+](=O)[O-]. The molecule has 2 N–H and O–H groups in total. The van der Waals surface area contributed by atoms with Crippen molar-refractivity contribution >= 4 is 11.5 Å². The quantitative estimate of drug-likeness (QED) is 0.665. The Bertz CT molecular complexity index is 468. The molecule has 6 nitrogen and oxygen atoms in total. The van der Waals surface area contributed by atoms with Gasteiger partial charge in [-0.15, -0.1) is 0 Å². The Morgan fingerprint density at radius 1 is 1.47 bits per heavy atom. The fourth-order valence-corrected chi connectivity index (χ4v) is 2.56. The van der Waals surface area contributed by atoms with Gasteiger partial charge in [-0.25, -0.2) is 4.98 Å². The molecule has 0 spiro atoms. The minimum absolute atomic E-state index is 0.0780. The number of aryl methyl sites for hydroxylation is 1. The van der Waals surface area contributed by atoms with E-state index in [1.807, 2.05) is 0 Å². The standard InChI is InChI=1S/C13H20N4O2/c1-9(14)11-5-7-16(8-6-11)13-4-3-12(17(18)19)10(2)15-13/h3-4,9,11H,5-8,14H2,1-2H3. The lowest BCUT2D eigenvalue weighted by Crippen LogP contribution is -2.40. The molecule has 1 aliphatic heterocycles. The molecule has 0 bridgehead atoms. The highest BCUT2D eigenvalue weighted by Crippen LogP contribution is 2.25. The molecule has 1 unspecified atom stereocenters. The van der Waals surface area contributed by atoms with Gasteiger partial charge in [-0.2, -0.15) is 0 Å². The molecule has 1 aromatic heterocycles. The maximum absolute atomic E-state index is 10.8. The molecule has 0 saturated carbocycles. The zero-order chi connectivity index (χ0) is 14.0. The Morgan fingerprint density at radius 2 is 2.11 bits per heavy atom. The summed E-state index contributed by atoms with van der Waals surface area (Å²) in [5, 5.41) is 10.8. The van der Waals surface area contributed by atoms with Gasteiger partial charge in [0.05, 0.1) is 4.92 Å². The number of aromatic nitrogens is 1. The first kappa shape index (κ1) is 13.7. The van der Waals surface area contributed by atoms with Crippen LogP contribution < -0.4 is 10.6 Å². The molecule has 0 amide bonds. The molecule has 0 aliphatic carbocycles. The largest absolute Gasteiger partial charge is 0.357 e. The Kier molecular flexibility index (Phi) is 3.99. The van der Waals surface area contributed by atoms with Gasteiger partial charge in [0.15, 0.2) is 0 Å². The van der Waals surface area contributed by atoms with Crippen LogP contribution in [0.4, 0.5) is 11.5 Å². The Balaban J connectivity index is 2.08. The van der Waals surface area contributed by atoms with Crippen LogP contribution in [0.1, 0.15) is 25.5 Å². The van der Waals surface area contributed by atoms with Gasteiger partial charge in [0.2, 0.25) is 0 Å². The number of pyridine rings is 1. The molecule has 104 valence electrons. The number of nitrogens with zero attached hydrogens (tertiary/aromatic N) is 3. The second-order valence-electron chi connectivity index (χ2n) is 5.21. The van der Waals surface area contributed by atoms with E-state index in [4.69, 9.17) is 5.73 Å². The van der Waals surface area contributed by atoms with E-state index in [9.17, 15) is 10.1 Å². The fourth-order valence-electron chi connectivity index (χ4n) is 2.56. The van der Waals surface area contributed by atoms with Gasteiger partial charge >= 0.3 is 0 Å². The zero-order valence-electron chi connectivity index (χ0n) is 11.4. The third kappa shape index (κ3) is 3.01. The van der Waals surface area contributed by atoms with Gasteiger partial charge in [0, 0.05) is 25.2 Å². The number of nitro groups is 1. The normalized spacial score (nSPS) is 18.4. The van der Waals surface area contributed by atoms with Crippen LogP contribution in [0.15, 0.2) is 12.1 Å². The monoisotopic (exact) mass is 264 g/mol. The van der Waals surface area contributed by atoms with Crippen molar-refractivity contribution in [1.29, 1.82) is 0 Å². The average molecular weight is 264 g/mol. The topological polar surface area (TPSA) is 85.3 Å². The third-order valence-electron chi connectivity index (χ3n) is 3.85. The first-order chi connectivity index (χ1) is 8.99. The van der Waals surface area contributed by atoms with Crippen molar-refractivity contribution in [3.05, 3.63) is 27.9 Å². The van der Waals surface area contributed by atoms with Crippen molar-refractivity contribution in [3.8, 4) is 0 Å². The molecule has 0 radical (unpaired) electrons. The van der Waals surface area contributed by atoms with Crippen LogP contribution in [0.25, 0.3) is 0 Å². The molecule has 1 saturated heterocycles. The van der Waals surface area contributed by atoms with E-state index in [0.717, 1.165) is 31.7 Å². The molecule has 6 heteroatoms. The van der Waals surface area contributed by atoms with Crippen LogP contribution in [0.5, 0.6) is 0 Å². The molecule has 1 atom stereocenters. The summed E-state index contributed by atoms with van der Waals surface area (Å²) in [6.07, 6.45) is 2.10. The van der Waals surface area contributed by atoms with Crippen molar-refractivity contribution in [3.63, 3.8) is 0 Å². The molecular weight excluding hydrogens is 244 g/mol.